The number of hydrogen-bond acceptors (Lipinski definition) is 3. The number of ether oxygens (including phenoxy) is 1. The van der Waals surface area contributed by atoms with Crippen LogP contribution in [0.4, 0.5) is 0 Å². The highest BCUT2D eigenvalue weighted by Crippen LogP contribution is 2.25. The van der Waals surface area contributed by atoms with Crippen molar-refractivity contribution in [3.05, 3.63) is 36.5 Å². The molecule has 0 aliphatic rings. The Kier molecular flexibility index (Phi) is 15.1. The molecule has 160 valence electrons. The number of carbonyl (C=O) groups is 2. The van der Waals surface area contributed by atoms with E-state index in [4.69, 9.17) is 10.5 Å². The Hall–Kier alpha value is -1.84. The van der Waals surface area contributed by atoms with Crippen LogP contribution in [0.1, 0.15) is 97.8 Å². The van der Waals surface area contributed by atoms with Gasteiger partial charge in [0.25, 0.3) is 5.91 Å². The van der Waals surface area contributed by atoms with Gasteiger partial charge in [-0.1, -0.05) is 70.4 Å². The number of esters is 1. The summed E-state index contributed by atoms with van der Waals surface area (Å²) in [6, 6.07) is 0. The standard InChI is InChI=1S/C24H41NO3/c1-5-7-8-9-10-11-12-13-14-15-16-17-18-19-20-24(6-2,23(25)27)28-22(26)21(3)4/h10-11,13-14H,3,5-9,12,15-20H2,1-2,4H3,(H2,25,27)/b11-10-,14-13-. The first-order valence-corrected chi connectivity index (χ1v) is 10.9. The average molecular weight is 392 g/mol. The fourth-order valence-corrected chi connectivity index (χ4v) is 2.96. The van der Waals surface area contributed by atoms with Crippen molar-refractivity contribution in [2.75, 3.05) is 0 Å². The van der Waals surface area contributed by atoms with Crippen molar-refractivity contribution in [1.82, 2.24) is 0 Å². The molecule has 0 saturated carbocycles. The maximum Gasteiger partial charge on any atom is 0.334 e. The van der Waals surface area contributed by atoms with Crippen LogP contribution >= 0.6 is 0 Å². The summed E-state index contributed by atoms with van der Waals surface area (Å²) in [4.78, 5) is 23.7. The van der Waals surface area contributed by atoms with E-state index in [-0.39, 0.29) is 5.57 Å². The molecule has 0 aromatic heterocycles. The molecule has 28 heavy (non-hydrogen) atoms. The molecule has 4 heteroatoms. The summed E-state index contributed by atoms with van der Waals surface area (Å²) in [5, 5.41) is 0. The van der Waals surface area contributed by atoms with Gasteiger partial charge in [0.2, 0.25) is 0 Å². The lowest BCUT2D eigenvalue weighted by atomic mass is 9.91. The lowest BCUT2D eigenvalue weighted by Gasteiger charge is -2.29. The van der Waals surface area contributed by atoms with Gasteiger partial charge in [-0.05, 0) is 58.3 Å². The number of unbranched alkanes of at least 4 members (excludes halogenated alkanes) is 7. The third-order valence-electron chi connectivity index (χ3n) is 4.94. The van der Waals surface area contributed by atoms with Crippen molar-refractivity contribution in [3.63, 3.8) is 0 Å². The van der Waals surface area contributed by atoms with Gasteiger partial charge in [-0.15, -0.1) is 0 Å². The maximum atomic E-state index is 11.9. The second-order valence-electron chi connectivity index (χ2n) is 7.51. The quantitative estimate of drug-likeness (QED) is 0.140. The van der Waals surface area contributed by atoms with Crippen LogP contribution in [0.25, 0.3) is 0 Å². The van der Waals surface area contributed by atoms with Gasteiger partial charge >= 0.3 is 5.97 Å². The van der Waals surface area contributed by atoms with E-state index in [1.165, 1.54) is 25.7 Å². The third kappa shape index (κ3) is 11.8. The monoisotopic (exact) mass is 391 g/mol. The van der Waals surface area contributed by atoms with Gasteiger partial charge in [-0.3, -0.25) is 4.79 Å². The zero-order valence-electron chi connectivity index (χ0n) is 18.3. The van der Waals surface area contributed by atoms with Crippen LogP contribution in [0.3, 0.4) is 0 Å². The highest BCUT2D eigenvalue weighted by molar-refractivity contribution is 5.92. The van der Waals surface area contributed by atoms with E-state index < -0.39 is 17.5 Å². The molecule has 0 saturated heterocycles. The van der Waals surface area contributed by atoms with Gasteiger partial charge in [-0.25, -0.2) is 4.79 Å². The Labute approximate surface area is 172 Å². The zero-order valence-corrected chi connectivity index (χ0v) is 18.3. The molecule has 2 N–H and O–H groups in total. The molecule has 0 spiro atoms. The molecule has 0 aromatic rings. The van der Waals surface area contributed by atoms with Crippen LogP contribution in [-0.2, 0) is 14.3 Å². The smallest absolute Gasteiger partial charge is 0.334 e. The lowest BCUT2D eigenvalue weighted by Crippen LogP contribution is -2.47. The SMILES string of the molecule is C=C(C)C(=O)OC(CC)(CCCCCC/C=C\C/C=C\CCCCC)C(N)=O. The molecule has 4 nitrogen and oxygen atoms in total. The lowest BCUT2D eigenvalue weighted by molar-refractivity contribution is -0.165. The van der Waals surface area contributed by atoms with Gasteiger partial charge < -0.3 is 10.5 Å². The summed E-state index contributed by atoms with van der Waals surface area (Å²) in [5.74, 6) is -1.12. The van der Waals surface area contributed by atoms with Gasteiger partial charge in [0.1, 0.15) is 0 Å². The Morgan fingerprint density at radius 3 is 2.00 bits per heavy atom. The molecule has 1 amide bonds. The fraction of sp³-hybridized carbons (Fsp3) is 0.667. The first-order valence-electron chi connectivity index (χ1n) is 10.9. The summed E-state index contributed by atoms with van der Waals surface area (Å²) >= 11 is 0. The summed E-state index contributed by atoms with van der Waals surface area (Å²) in [5.41, 5.74) is 4.59. The summed E-state index contributed by atoms with van der Waals surface area (Å²) < 4.78 is 5.39. The average Bonchev–Trinajstić information content (AvgIpc) is 2.66. The molecular formula is C24H41NO3. The van der Waals surface area contributed by atoms with E-state index in [1.54, 1.807) is 6.92 Å². The highest BCUT2D eigenvalue weighted by Gasteiger charge is 2.38. The van der Waals surface area contributed by atoms with E-state index in [0.29, 0.717) is 12.8 Å². The van der Waals surface area contributed by atoms with E-state index in [1.807, 2.05) is 6.92 Å². The Balaban J connectivity index is 3.99. The van der Waals surface area contributed by atoms with Crippen molar-refractivity contribution in [2.24, 2.45) is 5.73 Å². The molecule has 0 fully saturated rings. The first kappa shape index (κ1) is 26.2. The second-order valence-corrected chi connectivity index (χ2v) is 7.51. The predicted octanol–water partition coefficient (Wildman–Crippen LogP) is 6.16. The van der Waals surface area contributed by atoms with E-state index >= 15 is 0 Å². The Morgan fingerprint density at radius 1 is 0.929 bits per heavy atom. The number of carbonyl (C=O) groups excluding carboxylic acids is 2. The molecule has 0 aliphatic heterocycles. The minimum Gasteiger partial charge on any atom is -0.446 e. The normalized spacial score (nSPS) is 13.7. The molecular weight excluding hydrogens is 350 g/mol. The molecule has 1 atom stereocenters. The molecule has 0 heterocycles. The number of amides is 1. The second kappa shape index (κ2) is 16.1. The molecule has 0 aromatic carbocycles. The molecule has 0 rings (SSSR count). The summed E-state index contributed by atoms with van der Waals surface area (Å²) in [7, 11) is 0. The molecule has 0 aliphatic carbocycles. The van der Waals surface area contributed by atoms with E-state index in [9.17, 15) is 9.59 Å². The van der Waals surface area contributed by atoms with E-state index in [2.05, 4.69) is 37.8 Å². The van der Waals surface area contributed by atoms with Crippen molar-refractivity contribution in [2.45, 2.75) is 103 Å². The topological polar surface area (TPSA) is 69.4 Å². The van der Waals surface area contributed by atoms with Crippen molar-refractivity contribution in [3.8, 4) is 0 Å². The van der Waals surface area contributed by atoms with Crippen molar-refractivity contribution >= 4 is 11.9 Å². The number of nitrogens with two attached hydrogens (primary N) is 1. The maximum absolute atomic E-state index is 11.9. The third-order valence-corrected chi connectivity index (χ3v) is 4.94. The Bertz CT molecular complexity index is 522. The van der Waals surface area contributed by atoms with Gasteiger partial charge in [0.15, 0.2) is 5.60 Å². The highest BCUT2D eigenvalue weighted by atomic mass is 16.6. The largest absolute Gasteiger partial charge is 0.446 e. The van der Waals surface area contributed by atoms with Crippen molar-refractivity contribution < 1.29 is 14.3 Å². The number of allylic oxidation sites excluding steroid dienone is 4. The first-order chi connectivity index (χ1) is 13.4. The van der Waals surface area contributed by atoms with Crippen LogP contribution in [0.5, 0.6) is 0 Å². The van der Waals surface area contributed by atoms with Crippen LogP contribution in [0.2, 0.25) is 0 Å². The summed E-state index contributed by atoms with van der Waals surface area (Å²) in [6.07, 6.45) is 21.0. The number of hydrogen-bond donors (Lipinski definition) is 1. The van der Waals surface area contributed by atoms with Crippen molar-refractivity contribution in [1.29, 1.82) is 0 Å². The minimum atomic E-state index is -1.21. The van der Waals surface area contributed by atoms with E-state index in [0.717, 1.165) is 38.5 Å². The molecule has 0 bridgehead atoms. The van der Waals surface area contributed by atoms with Crippen LogP contribution in [-0.4, -0.2) is 17.5 Å². The fourth-order valence-electron chi connectivity index (χ4n) is 2.96. The minimum absolute atomic E-state index is 0.279. The van der Waals surface area contributed by atoms with Crippen LogP contribution in [0.15, 0.2) is 36.5 Å². The summed E-state index contributed by atoms with van der Waals surface area (Å²) in [6.45, 7) is 9.18. The van der Waals surface area contributed by atoms with Crippen LogP contribution in [0, 0.1) is 0 Å². The number of rotatable bonds is 17. The van der Waals surface area contributed by atoms with Gasteiger partial charge in [-0.2, -0.15) is 0 Å². The Morgan fingerprint density at radius 2 is 1.50 bits per heavy atom. The molecule has 0 radical (unpaired) electrons. The molecule has 1 unspecified atom stereocenters. The number of primary amides is 1. The van der Waals surface area contributed by atoms with Crippen LogP contribution < -0.4 is 5.73 Å². The zero-order chi connectivity index (χ0) is 21.3. The predicted molar refractivity (Wildman–Crippen MR) is 118 cm³/mol. The van der Waals surface area contributed by atoms with Gasteiger partial charge in [0, 0.05) is 5.57 Å². The van der Waals surface area contributed by atoms with Gasteiger partial charge in [0.05, 0.1) is 0 Å².